The summed E-state index contributed by atoms with van der Waals surface area (Å²) in [4.78, 5) is 16.6. The van der Waals surface area contributed by atoms with Crippen molar-refractivity contribution >= 4 is 21.9 Å². The fourth-order valence-corrected chi connectivity index (χ4v) is 2.56. The fourth-order valence-electron chi connectivity index (χ4n) is 2.05. The first kappa shape index (κ1) is 14.7. The van der Waals surface area contributed by atoms with E-state index in [0.29, 0.717) is 19.0 Å². The first-order valence-corrected chi connectivity index (χ1v) is 7.27. The van der Waals surface area contributed by atoms with Crippen molar-refractivity contribution in [3.8, 4) is 0 Å². The second-order valence-corrected chi connectivity index (χ2v) is 4.99. The lowest BCUT2D eigenvalue weighted by Crippen LogP contribution is -2.22. The molecule has 1 aromatic carbocycles. The summed E-state index contributed by atoms with van der Waals surface area (Å²) < 4.78 is 7.76. The van der Waals surface area contributed by atoms with Crippen LogP contribution in [0, 0.1) is 0 Å². The molecule has 1 aromatic heterocycles. The van der Waals surface area contributed by atoms with Crippen molar-refractivity contribution in [2.75, 3.05) is 6.61 Å². The van der Waals surface area contributed by atoms with Crippen molar-refractivity contribution in [3.05, 3.63) is 46.5 Å². The fraction of sp³-hybridized carbons (Fsp3) is 0.357. The molecule has 0 aliphatic carbocycles. The monoisotopic (exact) mass is 337 g/mol. The standard InChI is InChI=1S/C14H16BrN3O2/c1-3-18-13(16-9-17-18)12(14(19)20-4-2)10-7-5-6-8-11(10)15/h5-9,12H,3-4H2,1-2H3. The molecule has 0 N–H and O–H groups in total. The number of benzene rings is 1. The van der Waals surface area contributed by atoms with E-state index in [4.69, 9.17) is 4.74 Å². The summed E-state index contributed by atoms with van der Waals surface area (Å²) in [5.41, 5.74) is 0.827. The molecular weight excluding hydrogens is 322 g/mol. The van der Waals surface area contributed by atoms with E-state index in [1.807, 2.05) is 31.2 Å². The highest BCUT2D eigenvalue weighted by molar-refractivity contribution is 9.10. The number of esters is 1. The van der Waals surface area contributed by atoms with Gasteiger partial charge in [0.25, 0.3) is 0 Å². The van der Waals surface area contributed by atoms with Crippen LogP contribution in [0.5, 0.6) is 0 Å². The molecule has 2 rings (SSSR count). The zero-order valence-corrected chi connectivity index (χ0v) is 13.0. The van der Waals surface area contributed by atoms with Crippen LogP contribution in [0.1, 0.15) is 31.2 Å². The molecule has 0 bridgehead atoms. The number of aromatic nitrogens is 3. The molecule has 1 unspecified atom stereocenters. The average molecular weight is 338 g/mol. The quantitative estimate of drug-likeness (QED) is 0.787. The number of rotatable bonds is 5. The van der Waals surface area contributed by atoms with E-state index in [9.17, 15) is 4.79 Å². The Morgan fingerprint density at radius 2 is 2.15 bits per heavy atom. The third-order valence-electron chi connectivity index (χ3n) is 2.94. The topological polar surface area (TPSA) is 57.0 Å². The van der Waals surface area contributed by atoms with Gasteiger partial charge in [-0.25, -0.2) is 9.67 Å². The Kier molecular flexibility index (Phi) is 4.89. The van der Waals surface area contributed by atoms with Crippen LogP contribution in [-0.4, -0.2) is 27.3 Å². The summed E-state index contributed by atoms with van der Waals surface area (Å²) >= 11 is 3.48. The normalized spacial score (nSPS) is 12.2. The Morgan fingerprint density at radius 1 is 1.40 bits per heavy atom. The number of ether oxygens (including phenoxy) is 1. The van der Waals surface area contributed by atoms with Gasteiger partial charge in [0.1, 0.15) is 18.1 Å². The van der Waals surface area contributed by atoms with Crippen molar-refractivity contribution in [1.82, 2.24) is 14.8 Å². The number of carbonyl (C=O) groups is 1. The molecule has 5 nitrogen and oxygen atoms in total. The first-order chi connectivity index (χ1) is 9.69. The Balaban J connectivity index is 2.51. The number of halogens is 1. The SMILES string of the molecule is CCOC(=O)C(c1ccccc1Br)c1ncnn1CC. The highest BCUT2D eigenvalue weighted by atomic mass is 79.9. The van der Waals surface area contributed by atoms with Crippen LogP contribution in [0.3, 0.4) is 0 Å². The maximum Gasteiger partial charge on any atom is 0.321 e. The molecule has 1 heterocycles. The van der Waals surface area contributed by atoms with Gasteiger partial charge in [-0.1, -0.05) is 34.1 Å². The van der Waals surface area contributed by atoms with Gasteiger partial charge in [-0.05, 0) is 25.5 Å². The van der Waals surface area contributed by atoms with E-state index in [-0.39, 0.29) is 5.97 Å². The van der Waals surface area contributed by atoms with E-state index in [1.165, 1.54) is 6.33 Å². The van der Waals surface area contributed by atoms with Crippen LogP contribution in [0.25, 0.3) is 0 Å². The summed E-state index contributed by atoms with van der Waals surface area (Å²) in [6.07, 6.45) is 1.46. The molecule has 2 aromatic rings. The van der Waals surface area contributed by atoms with Crippen LogP contribution >= 0.6 is 15.9 Å². The number of aryl methyl sites for hydroxylation is 1. The Hall–Kier alpha value is -1.69. The minimum atomic E-state index is -0.576. The summed E-state index contributed by atoms with van der Waals surface area (Å²) in [6, 6.07) is 7.58. The van der Waals surface area contributed by atoms with Crippen LogP contribution in [0.2, 0.25) is 0 Å². The third kappa shape index (κ3) is 2.90. The molecule has 0 fully saturated rings. The number of hydrogen-bond acceptors (Lipinski definition) is 4. The predicted octanol–water partition coefficient (Wildman–Crippen LogP) is 2.76. The summed E-state index contributed by atoms with van der Waals surface area (Å²) in [7, 11) is 0. The van der Waals surface area contributed by atoms with Crippen molar-refractivity contribution < 1.29 is 9.53 Å². The molecule has 0 saturated carbocycles. The molecule has 20 heavy (non-hydrogen) atoms. The van der Waals surface area contributed by atoms with E-state index in [2.05, 4.69) is 26.0 Å². The lowest BCUT2D eigenvalue weighted by Gasteiger charge is -2.17. The highest BCUT2D eigenvalue weighted by Crippen LogP contribution is 2.30. The molecule has 0 aliphatic rings. The van der Waals surface area contributed by atoms with Gasteiger partial charge in [0, 0.05) is 11.0 Å². The molecule has 106 valence electrons. The van der Waals surface area contributed by atoms with Gasteiger partial charge >= 0.3 is 5.97 Å². The largest absolute Gasteiger partial charge is 0.465 e. The van der Waals surface area contributed by atoms with Gasteiger partial charge in [-0.15, -0.1) is 0 Å². The molecule has 0 amide bonds. The smallest absolute Gasteiger partial charge is 0.321 e. The van der Waals surface area contributed by atoms with Gasteiger partial charge < -0.3 is 4.74 Å². The van der Waals surface area contributed by atoms with Gasteiger partial charge in [0.2, 0.25) is 0 Å². The van der Waals surface area contributed by atoms with Crippen LogP contribution in [-0.2, 0) is 16.1 Å². The van der Waals surface area contributed by atoms with Crippen LogP contribution in [0.4, 0.5) is 0 Å². The minimum Gasteiger partial charge on any atom is -0.465 e. The van der Waals surface area contributed by atoms with E-state index in [1.54, 1.807) is 11.6 Å². The van der Waals surface area contributed by atoms with Crippen molar-refractivity contribution in [1.29, 1.82) is 0 Å². The number of nitrogens with zero attached hydrogens (tertiary/aromatic N) is 3. The highest BCUT2D eigenvalue weighted by Gasteiger charge is 2.30. The molecule has 6 heteroatoms. The lowest BCUT2D eigenvalue weighted by atomic mass is 9.98. The van der Waals surface area contributed by atoms with Gasteiger partial charge in [0.05, 0.1) is 6.61 Å². The summed E-state index contributed by atoms with van der Waals surface area (Å²) in [5.74, 6) is -0.298. The van der Waals surface area contributed by atoms with Gasteiger partial charge in [-0.2, -0.15) is 5.10 Å². The first-order valence-electron chi connectivity index (χ1n) is 6.47. The zero-order valence-electron chi connectivity index (χ0n) is 11.4. The Labute approximate surface area is 126 Å². The third-order valence-corrected chi connectivity index (χ3v) is 3.66. The van der Waals surface area contributed by atoms with Gasteiger partial charge in [-0.3, -0.25) is 4.79 Å². The predicted molar refractivity (Wildman–Crippen MR) is 78.3 cm³/mol. The Morgan fingerprint density at radius 3 is 2.80 bits per heavy atom. The molecule has 0 saturated heterocycles. The minimum absolute atomic E-state index is 0.317. The number of hydrogen-bond donors (Lipinski definition) is 0. The average Bonchev–Trinajstić information content (AvgIpc) is 2.90. The lowest BCUT2D eigenvalue weighted by molar-refractivity contribution is -0.144. The van der Waals surface area contributed by atoms with Crippen molar-refractivity contribution in [2.24, 2.45) is 0 Å². The van der Waals surface area contributed by atoms with Crippen molar-refractivity contribution in [3.63, 3.8) is 0 Å². The Bertz CT molecular complexity index is 598. The van der Waals surface area contributed by atoms with Crippen LogP contribution < -0.4 is 0 Å². The molecule has 0 aliphatic heterocycles. The molecule has 0 radical (unpaired) electrons. The van der Waals surface area contributed by atoms with E-state index < -0.39 is 5.92 Å². The molecule has 1 atom stereocenters. The number of carbonyl (C=O) groups excluding carboxylic acids is 1. The second kappa shape index (κ2) is 6.65. The second-order valence-electron chi connectivity index (χ2n) is 4.14. The van der Waals surface area contributed by atoms with Gasteiger partial charge in [0.15, 0.2) is 0 Å². The van der Waals surface area contributed by atoms with E-state index in [0.717, 1.165) is 10.0 Å². The maximum atomic E-state index is 12.3. The van der Waals surface area contributed by atoms with E-state index >= 15 is 0 Å². The summed E-state index contributed by atoms with van der Waals surface area (Å²) in [5, 5.41) is 4.14. The summed E-state index contributed by atoms with van der Waals surface area (Å²) in [6.45, 7) is 4.73. The maximum absolute atomic E-state index is 12.3. The molecular formula is C14H16BrN3O2. The molecule has 0 spiro atoms. The zero-order chi connectivity index (χ0) is 14.5. The van der Waals surface area contributed by atoms with Crippen LogP contribution in [0.15, 0.2) is 35.1 Å². The van der Waals surface area contributed by atoms with Crippen molar-refractivity contribution in [2.45, 2.75) is 26.3 Å².